The van der Waals surface area contributed by atoms with E-state index in [-0.39, 0.29) is 5.57 Å². The van der Waals surface area contributed by atoms with Crippen molar-refractivity contribution in [1.29, 1.82) is 5.26 Å². The first kappa shape index (κ1) is 20.7. The van der Waals surface area contributed by atoms with Crippen molar-refractivity contribution >= 4 is 17.7 Å². The molecule has 3 rings (SSSR count). The van der Waals surface area contributed by atoms with E-state index in [1.165, 1.54) is 14.2 Å². The molecule has 3 aromatic rings. The summed E-state index contributed by atoms with van der Waals surface area (Å²) in [6.07, 6.45) is 1.55. The molecule has 1 aromatic heterocycles. The number of para-hydroxylation sites is 1. The number of aromatic nitrogens is 2. The van der Waals surface area contributed by atoms with Crippen LogP contribution in [0.25, 0.3) is 11.8 Å². The van der Waals surface area contributed by atoms with Crippen LogP contribution in [0.1, 0.15) is 17.0 Å². The molecule has 1 heterocycles. The minimum atomic E-state index is -0.546. The number of aryl methyl sites for hydroxylation is 1. The molecule has 0 aliphatic heterocycles. The lowest BCUT2D eigenvalue weighted by Gasteiger charge is -2.11. The van der Waals surface area contributed by atoms with Gasteiger partial charge in [-0.1, -0.05) is 18.2 Å². The van der Waals surface area contributed by atoms with Crippen molar-refractivity contribution in [3.05, 3.63) is 71.1 Å². The average molecular weight is 402 g/mol. The summed E-state index contributed by atoms with van der Waals surface area (Å²) >= 11 is 0. The van der Waals surface area contributed by atoms with Crippen LogP contribution in [0.4, 0.5) is 5.69 Å². The smallest absolute Gasteiger partial charge is 0.266 e. The number of hydrogen-bond acceptors (Lipinski definition) is 5. The molecule has 1 N–H and O–H groups in total. The Balaban J connectivity index is 1.95. The zero-order valence-corrected chi connectivity index (χ0v) is 17.3. The maximum absolute atomic E-state index is 12.8. The first-order valence-electron chi connectivity index (χ1n) is 9.25. The number of methoxy groups -OCH3 is 2. The average Bonchev–Trinajstić information content (AvgIpc) is 3.05. The van der Waals surface area contributed by atoms with E-state index in [1.807, 2.05) is 50.2 Å². The molecule has 7 nitrogen and oxygen atoms in total. The molecule has 0 atom stereocenters. The van der Waals surface area contributed by atoms with Crippen molar-refractivity contribution in [1.82, 2.24) is 9.78 Å². The predicted molar refractivity (Wildman–Crippen MR) is 115 cm³/mol. The van der Waals surface area contributed by atoms with Crippen LogP contribution in [0.2, 0.25) is 0 Å². The molecular weight excluding hydrogens is 380 g/mol. The number of nitrogens with zero attached hydrogens (tertiary/aromatic N) is 3. The van der Waals surface area contributed by atoms with Gasteiger partial charge in [0.05, 0.1) is 31.3 Å². The van der Waals surface area contributed by atoms with Crippen molar-refractivity contribution in [2.75, 3.05) is 19.5 Å². The standard InChI is InChI=1S/C23H22N4O3/c1-15-20(16(2)27(26-15)18-8-6-5-7-9-18)12-17(14-24)23(28)25-21-13-19(29-3)10-11-22(21)30-4/h5-13H,1-4H3,(H,25,28). The zero-order chi connectivity index (χ0) is 21.7. The van der Waals surface area contributed by atoms with Crippen molar-refractivity contribution in [3.8, 4) is 23.3 Å². The summed E-state index contributed by atoms with van der Waals surface area (Å²) in [7, 11) is 3.03. The highest BCUT2D eigenvalue weighted by molar-refractivity contribution is 6.10. The quantitative estimate of drug-likeness (QED) is 0.496. The molecule has 0 radical (unpaired) electrons. The van der Waals surface area contributed by atoms with Gasteiger partial charge in [-0.15, -0.1) is 0 Å². The van der Waals surface area contributed by atoms with Crippen LogP contribution in [0.5, 0.6) is 11.5 Å². The fourth-order valence-electron chi connectivity index (χ4n) is 3.08. The summed E-state index contributed by atoms with van der Waals surface area (Å²) in [4.78, 5) is 12.8. The van der Waals surface area contributed by atoms with E-state index in [1.54, 1.807) is 29.0 Å². The number of carbonyl (C=O) groups is 1. The van der Waals surface area contributed by atoms with Gasteiger partial charge in [-0.25, -0.2) is 4.68 Å². The Morgan fingerprint density at radius 2 is 1.87 bits per heavy atom. The van der Waals surface area contributed by atoms with Gasteiger partial charge in [0.15, 0.2) is 0 Å². The van der Waals surface area contributed by atoms with Crippen molar-refractivity contribution in [2.45, 2.75) is 13.8 Å². The van der Waals surface area contributed by atoms with Gasteiger partial charge in [0.2, 0.25) is 0 Å². The Morgan fingerprint density at radius 3 is 2.50 bits per heavy atom. The van der Waals surface area contributed by atoms with Crippen LogP contribution >= 0.6 is 0 Å². The molecular formula is C23H22N4O3. The lowest BCUT2D eigenvalue weighted by Crippen LogP contribution is -2.14. The highest BCUT2D eigenvalue weighted by Crippen LogP contribution is 2.29. The molecule has 0 saturated carbocycles. The van der Waals surface area contributed by atoms with E-state index in [2.05, 4.69) is 10.4 Å². The summed E-state index contributed by atoms with van der Waals surface area (Å²) in [5, 5.41) is 16.9. The third kappa shape index (κ3) is 4.18. The number of amides is 1. The molecule has 0 aliphatic carbocycles. The number of nitrogens with one attached hydrogen (secondary N) is 1. The summed E-state index contributed by atoms with van der Waals surface area (Å²) in [6.45, 7) is 3.74. The minimum absolute atomic E-state index is 0.0429. The van der Waals surface area contributed by atoms with Crippen LogP contribution < -0.4 is 14.8 Å². The Labute approximate surface area is 175 Å². The number of benzene rings is 2. The highest BCUT2D eigenvalue weighted by Gasteiger charge is 2.17. The van der Waals surface area contributed by atoms with E-state index >= 15 is 0 Å². The molecule has 0 unspecified atom stereocenters. The van der Waals surface area contributed by atoms with Crippen LogP contribution in [0.3, 0.4) is 0 Å². The van der Waals surface area contributed by atoms with Crippen LogP contribution in [0, 0.1) is 25.2 Å². The monoisotopic (exact) mass is 402 g/mol. The first-order valence-corrected chi connectivity index (χ1v) is 9.25. The molecule has 1 amide bonds. The number of hydrogen-bond donors (Lipinski definition) is 1. The summed E-state index contributed by atoms with van der Waals surface area (Å²) in [5.74, 6) is 0.477. The molecule has 0 saturated heterocycles. The van der Waals surface area contributed by atoms with Gasteiger partial charge in [0.25, 0.3) is 5.91 Å². The number of nitriles is 1. The van der Waals surface area contributed by atoms with Crippen molar-refractivity contribution in [3.63, 3.8) is 0 Å². The first-order chi connectivity index (χ1) is 14.5. The maximum atomic E-state index is 12.8. The second kappa shape index (κ2) is 8.97. The van der Waals surface area contributed by atoms with Gasteiger partial charge in [-0.05, 0) is 44.2 Å². The van der Waals surface area contributed by atoms with Gasteiger partial charge in [0, 0.05) is 17.3 Å². The maximum Gasteiger partial charge on any atom is 0.266 e. The Morgan fingerprint density at radius 1 is 1.13 bits per heavy atom. The number of anilines is 1. The lowest BCUT2D eigenvalue weighted by atomic mass is 10.1. The summed E-state index contributed by atoms with van der Waals surface area (Å²) in [5.41, 5.74) is 3.55. The van der Waals surface area contributed by atoms with E-state index in [0.717, 1.165) is 22.6 Å². The predicted octanol–water partition coefficient (Wildman–Crippen LogP) is 4.05. The Hall–Kier alpha value is -4.05. The fraction of sp³-hybridized carbons (Fsp3) is 0.174. The molecule has 7 heteroatoms. The Kier molecular flexibility index (Phi) is 6.18. The van der Waals surface area contributed by atoms with Crippen molar-refractivity contribution < 1.29 is 14.3 Å². The molecule has 0 aliphatic rings. The highest BCUT2D eigenvalue weighted by atomic mass is 16.5. The SMILES string of the molecule is COc1ccc(OC)c(NC(=O)C(C#N)=Cc2c(C)nn(-c3ccccc3)c2C)c1. The normalized spacial score (nSPS) is 11.0. The van der Waals surface area contributed by atoms with Crippen LogP contribution in [-0.2, 0) is 4.79 Å². The third-order valence-corrected chi connectivity index (χ3v) is 4.66. The van der Waals surface area contributed by atoms with E-state index < -0.39 is 5.91 Å². The molecule has 152 valence electrons. The van der Waals surface area contributed by atoms with Crippen LogP contribution in [-0.4, -0.2) is 29.9 Å². The third-order valence-electron chi connectivity index (χ3n) is 4.66. The number of ether oxygens (including phenoxy) is 2. The molecule has 0 fully saturated rings. The van der Waals surface area contributed by atoms with Gasteiger partial charge < -0.3 is 14.8 Å². The molecule has 2 aromatic carbocycles. The zero-order valence-electron chi connectivity index (χ0n) is 17.3. The van der Waals surface area contributed by atoms with Gasteiger partial charge in [0.1, 0.15) is 23.1 Å². The summed E-state index contributed by atoms with van der Waals surface area (Å²) in [6, 6.07) is 16.7. The largest absolute Gasteiger partial charge is 0.497 e. The van der Waals surface area contributed by atoms with E-state index in [0.29, 0.717) is 17.2 Å². The molecule has 30 heavy (non-hydrogen) atoms. The molecule has 0 bridgehead atoms. The number of rotatable bonds is 6. The molecule has 0 spiro atoms. The Bertz CT molecular complexity index is 1140. The summed E-state index contributed by atoms with van der Waals surface area (Å²) < 4.78 is 12.3. The second-order valence-electron chi connectivity index (χ2n) is 6.52. The minimum Gasteiger partial charge on any atom is -0.497 e. The topological polar surface area (TPSA) is 89.2 Å². The second-order valence-corrected chi connectivity index (χ2v) is 6.52. The fourth-order valence-corrected chi connectivity index (χ4v) is 3.08. The number of carbonyl (C=O) groups excluding carboxylic acids is 1. The van der Waals surface area contributed by atoms with Crippen LogP contribution in [0.15, 0.2) is 54.1 Å². The van der Waals surface area contributed by atoms with Gasteiger partial charge >= 0.3 is 0 Å². The van der Waals surface area contributed by atoms with Crippen molar-refractivity contribution in [2.24, 2.45) is 0 Å². The van der Waals surface area contributed by atoms with E-state index in [9.17, 15) is 10.1 Å². The van der Waals surface area contributed by atoms with Gasteiger partial charge in [-0.2, -0.15) is 10.4 Å². The van der Waals surface area contributed by atoms with Gasteiger partial charge in [-0.3, -0.25) is 4.79 Å². The van der Waals surface area contributed by atoms with E-state index in [4.69, 9.17) is 9.47 Å². The lowest BCUT2D eigenvalue weighted by molar-refractivity contribution is -0.112.